The second-order valence-electron chi connectivity index (χ2n) is 6.51. The molecule has 24 heavy (non-hydrogen) atoms. The highest BCUT2D eigenvalue weighted by atomic mass is 16.6. The van der Waals surface area contributed by atoms with Crippen LogP contribution >= 0.6 is 0 Å². The van der Waals surface area contributed by atoms with Crippen LogP contribution in [0.1, 0.15) is 76.9 Å². The van der Waals surface area contributed by atoms with Crippen LogP contribution in [0.2, 0.25) is 0 Å². The Morgan fingerprint density at radius 3 is 2.25 bits per heavy atom. The van der Waals surface area contributed by atoms with E-state index in [0.29, 0.717) is 12.5 Å². The summed E-state index contributed by atoms with van der Waals surface area (Å²) in [5.41, 5.74) is 0.845. The minimum absolute atomic E-state index is 0.279. The predicted octanol–water partition coefficient (Wildman–Crippen LogP) is 5.69. The van der Waals surface area contributed by atoms with E-state index in [-0.39, 0.29) is 5.97 Å². The molecule has 1 aromatic rings. The van der Waals surface area contributed by atoms with Gasteiger partial charge in [-0.1, -0.05) is 82.7 Å². The standard InChI is InChI=1S/C21H34O3/c1-4-6-8-10-14-18(13-7-5-2)17-24-21(22)20(23-3)19-15-11-9-12-16-19/h9,11-12,15-16,18,20H,4-8,10,13-14,17H2,1-3H3. The van der Waals surface area contributed by atoms with Crippen molar-refractivity contribution < 1.29 is 14.3 Å². The number of hydrogen-bond donors (Lipinski definition) is 0. The summed E-state index contributed by atoms with van der Waals surface area (Å²) in [4.78, 5) is 12.4. The quantitative estimate of drug-likeness (QED) is 0.343. The van der Waals surface area contributed by atoms with Crippen LogP contribution in [0.25, 0.3) is 0 Å². The Bertz CT molecular complexity index is 430. The summed E-state index contributed by atoms with van der Waals surface area (Å²) in [5.74, 6) is 0.192. The van der Waals surface area contributed by atoms with Crippen LogP contribution in [0.3, 0.4) is 0 Å². The SMILES string of the molecule is CCCCCCC(CCCC)COC(=O)C(OC)c1ccccc1. The van der Waals surface area contributed by atoms with E-state index in [4.69, 9.17) is 9.47 Å². The van der Waals surface area contributed by atoms with Gasteiger partial charge in [0, 0.05) is 7.11 Å². The molecule has 0 fully saturated rings. The van der Waals surface area contributed by atoms with Gasteiger partial charge in [-0.3, -0.25) is 0 Å². The normalized spacial score (nSPS) is 13.5. The first kappa shape index (κ1) is 20.7. The molecule has 0 aromatic heterocycles. The van der Waals surface area contributed by atoms with Gasteiger partial charge in [0.05, 0.1) is 6.61 Å². The highest BCUT2D eigenvalue weighted by Crippen LogP contribution is 2.21. The van der Waals surface area contributed by atoms with Gasteiger partial charge >= 0.3 is 5.97 Å². The molecule has 0 heterocycles. The van der Waals surface area contributed by atoms with Crippen LogP contribution in [0.4, 0.5) is 0 Å². The topological polar surface area (TPSA) is 35.5 Å². The Balaban J connectivity index is 2.48. The Kier molecular flexibility index (Phi) is 11.2. The Labute approximate surface area is 147 Å². The predicted molar refractivity (Wildman–Crippen MR) is 98.9 cm³/mol. The Morgan fingerprint density at radius 2 is 1.62 bits per heavy atom. The van der Waals surface area contributed by atoms with E-state index in [1.54, 1.807) is 7.11 Å². The number of esters is 1. The minimum Gasteiger partial charge on any atom is -0.463 e. The van der Waals surface area contributed by atoms with E-state index in [1.807, 2.05) is 30.3 Å². The molecular weight excluding hydrogens is 300 g/mol. The van der Waals surface area contributed by atoms with Crippen molar-refractivity contribution >= 4 is 5.97 Å². The first-order valence-corrected chi connectivity index (χ1v) is 9.47. The molecule has 3 heteroatoms. The Morgan fingerprint density at radius 1 is 0.958 bits per heavy atom. The molecule has 0 N–H and O–H groups in total. The van der Waals surface area contributed by atoms with E-state index in [0.717, 1.165) is 18.4 Å². The Hall–Kier alpha value is -1.35. The zero-order chi connectivity index (χ0) is 17.6. The third-order valence-electron chi connectivity index (χ3n) is 4.45. The van der Waals surface area contributed by atoms with E-state index in [9.17, 15) is 4.79 Å². The molecule has 0 radical (unpaired) electrons. The van der Waals surface area contributed by atoms with Crippen molar-refractivity contribution in [1.29, 1.82) is 0 Å². The van der Waals surface area contributed by atoms with Crippen LogP contribution in [0, 0.1) is 5.92 Å². The van der Waals surface area contributed by atoms with Crippen molar-refractivity contribution in [3.8, 4) is 0 Å². The number of carbonyl (C=O) groups excluding carboxylic acids is 1. The van der Waals surface area contributed by atoms with Gasteiger partial charge in [-0.25, -0.2) is 4.79 Å². The maximum Gasteiger partial charge on any atom is 0.339 e. The lowest BCUT2D eigenvalue weighted by Crippen LogP contribution is -2.21. The largest absolute Gasteiger partial charge is 0.463 e. The molecule has 2 atom stereocenters. The molecule has 0 amide bonds. The average Bonchev–Trinajstić information content (AvgIpc) is 2.62. The number of rotatable bonds is 13. The fourth-order valence-corrected chi connectivity index (χ4v) is 2.94. The van der Waals surface area contributed by atoms with Gasteiger partial charge in [0.1, 0.15) is 0 Å². The molecule has 0 aliphatic carbocycles. The second kappa shape index (κ2) is 13.0. The zero-order valence-corrected chi connectivity index (χ0v) is 15.6. The van der Waals surface area contributed by atoms with Crippen molar-refractivity contribution in [2.24, 2.45) is 5.92 Å². The minimum atomic E-state index is -0.627. The van der Waals surface area contributed by atoms with Gasteiger partial charge in [-0.15, -0.1) is 0 Å². The number of benzene rings is 1. The lowest BCUT2D eigenvalue weighted by Gasteiger charge is -2.19. The van der Waals surface area contributed by atoms with Crippen molar-refractivity contribution in [3.63, 3.8) is 0 Å². The molecule has 0 aliphatic rings. The van der Waals surface area contributed by atoms with Crippen LogP contribution in [-0.2, 0) is 14.3 Å². The molecule has 0 aliphatic heterocycles. The number of unbranched alkanes of at least 4 members (excludes halogenated alkanes) is 4. The average molecular weight is 334 g/mol. The molecule has 0 saturated heterocycles. The van der Waals surface area contributed by atoms with Crippen molar-refractivity contribution in [2.45, 2.75) is 71.3 Å². The van der Waals surface area contributed by atoms with Crippen molar-refractivity contribution in [3.05, 3.63) is 35.9 Å². The third kappa shape index (κ3) is 7.96. The van der Waals surface area contributed by atoms with Crippen molar-refractivity contribution in [1.82, 2.24) is 0 Å². The third-order valence-corrected chi connectivity index (χ3v) is 4.45. The highest BCUT2D eigenvalue weighted by Gasteiger charge is 2.22. The summed E-state index contributed by atoms with van der Waals surface area (Å²) in [5, 5.41) is 0. The summed E-state index contributed by atoms with van der Waals surface area (Å²) >= 11 is 0. The summed E-state index contributed by atoms with van der Waals surface area (Å²) in [6.07, 6.45) is 9.09. The van der Waals surface area contributed by atoms with Gasteiger partial charge in [0.15, 0.2) is 6.10 Å². The summed E-state index contributed by atoms with van der Waals surface area (Å²) < 4.78 is 11.0. The second-order valence-corrected chi connectivity index (χ2v) is 6.51. The molecule has 0 bridgehead atoms. The van der Waals surface area contributed by atoms with Crippen molar-refractivity contribution in [2.75, 3.05) is 13.7 Å². The monoisotopic (exact) mass is 334 g/mol. The number of hydrogen-bond acceptors (Lipinski definition) is 3. The maximum atomic E-state index is 12.4. The number of ether oxygens (including phenoxy) is 2. The lowest BCUT2D eigenvalue weighted by molar-refractivity contribution is -0.157. The molecule has 2 unspecified atom stereocenters. The number of carbonyl (C=O) groups is 1. The fourth-order valence-electron chi connectivity index (χ4n) is 2.94. The highest BCUT2D eigenvalue weighted by molar-refractivity contribution is 5.76. The van der Waals surface area contributed by atoms with Crippen LogP contribution in [0.5, 0.6) is 0 Å². The van der Waals surface area contributed by atoms with E-state index >= 15 is 0 Å². The molecule has 1 aromatic carbocycles. The fraction of sp³-hybridized carbons (Fsp3) is 0.667. The first-order valence-electron chi connectivity index (χ1n) is 9.47. The summed E-state index contributed by atoms with van der Waals surface area (Å²) in [7, 11) is 1.55. The summed E-state index contributed by atoms with van der Waals surface area (Å²) in [6.45, 7) is 4.94. The lowest BCUT2D eigenvalue weighted by atomic mass is 9.96. The van der Waals surface area contributed by atoms with Gasteiger partial charge < -0.3 is 9.47 Å². The van der Waals surface area contributed by atoms with Gasteiger partial charge in [-0.05, 0) is 24.3 Å². The molecular formula is C21H34O3. The maximum absolute atomic E-state index is 12.4. The van der Waals surface area contributed by atoms with E-state index in [1.165, 1.54) is 38.5 Å². The first-order chi connectivity index (χ1) is 11.7. The summed E-state index contributed by atoms with van der Waals surface area (Å²) in [6, 6.07) is 9.54. The van der Waals surface area contributed by atoms with Crippen LogP contribution in [0.15, 0.2) is 30.3 Å². The molecule has 1 rings (SSSR count). The zero-order valence-electron chi connectivity index (χ0n) is 15.6. The molecule has 0 spiro atoms. The smallest absolute Gasteiger partial charge is 0.339 e. The molecule has 3 nitrogen and oxygen atoms in total. The van der Waals surface area contributed by atoms with Gasteiger partial charge in [-0.2, -0.15) is 0 Å². The van der Waals surface area contributed by atoms with Gasteiger partial charge in [0.2, 0.25) is 0 Å². The number of methoxy groups -OCH3 is 1. The van der Waals surface area contributed by atoms with E-state index in [2.05, 4.69) is 13.8 Å². The van der Waals surface area contributed by atoms with Crippen LogP contribution in [-0.4, -0.2) is 19.7 Å². The molecule has 136 valence electrons. The van der Waals surface area contributed by atoms with Crippen LogP contribution < -0.4 is 0 Å². The molecule has 0 saturated carbocycles. The van der Waals surface area contributed by atoms with E-state index < -0.39 is 6.10 Å². The van der Waals surface area contributed by atoms with Gasteiger partial charge in [0.25, 0.3) is 0 Å².